The van der Waals surface area contributed by atoms with Crippen LogP contribution in [-0.4, -0.2) is 16.6 Å². The van der Waals surface area contributed by atoms with E-state index in [4.69, 9.17) is 10.5 Å². The Morgan fingerprint density at radius 2 is 2.11 bits per heavy atom. The van der Waals surface area contributed by atoms with Crippen LogP contribution in [0.3, 0.4) is 0 Å². The fourth-order valence-electron chi connectivity index (χ4n) is 1.68. The van der Waals surface area contributed by atoms with Gasteiger partial charge in [-0.3, -0.25) is 4.98 Å². The monoisotopic (exact) mass is 247 g/mol. The van der Waals surface area contributed by atoms with E-state index in [9.17, 15) is 4.39 Å². The minimum absolute atomic E-state index is 0.130. The smallest absolute Gasteiger partial charge is 0.232 e. The van der Waals surface area contributed by atoms with Crippen molar-refractivity contribution in [3.63, 3.8) is 0 Å². The number of aromatic nitrogens is 2. The number of nitrogens with two attached hydrogens (primary N) is 1. The molecule has 0 atom stereocenters. The van der Waals surface area contributed by atoms with E-state index in [1.54, 1.807) is 12.3 Å². The van der Waals surface area contributed by atoms with Crippen LogP contribution in [0.25, 0.3) is 11.3 Å². The highest BCUT2D eigenvalue weighted by Gasteiger charge is 2.09. The van der Waals surface area contributed by atoms with Crippen molar-refractivity contribution in [3.8, 4) is 17.1 Å². The number of rotatable bonds is 3. The average molecular weight is 247 g/mol. The third-order valence-corrected chi connectivity index (χ3v) is 2.52. The van der Waals surface area contributed by atoms with Crippen molar-refractivity contribution in [1.29, 1.82) is 0 Å². The van der Waals surface area contributed by atoms with Crippen LogP contribution in [0.5, 0.6) is 5.88 Å². The maximum absolute atomic E-state index is 13.5. The first-order chi connectivity index (χ1) is 8.61. The zero-order valence-corrected chi connectivity index (χ0v) is 10.3. The summed E-state index contributed by atoms with van der Waals surface area (Å²) in [6, 6.07) is 2.95. The fourth-order valence-corrected chi connectivity index (χ4v) is 1.68. The molecule has 0 aliphatic carbocycles. The normalized spacial score (nSPS) is 10.4. The number of anilines is 1. The Kier molecular flexibility index (Phi) is 3.41. The molecular weight excluding hydrogens is 233 g/mol. The van der Waals surface area contributed by atoms with E-state index in [2.05, 4.69) is 9.97 Å². The van der Waals surface area contributed by atoms with Crippen molar-refractivity contribution < 1.29 is 9.13 Å². The summed E-state index contributed by atoms with van der Waals surface area (Å²) in [6.07, 6.45) is 3.09. The highest BCUT2D eigenvalue weighted by molar-refractivity contribution is 5.66. The van der Waals surface area contributed by atoms with Gasteiger partial charge in [0.25, 0.3) is 0 Å². The molecule has 2 N–H and O–H groups in total. The molecule has 0 aliphatic rings. The molecule has 0 aliphatic heterocycles. The first kappa shape index (κ1) is 12.3. The van der Waals surface area contributed by atoms with Gasteiger partial charge in [0.1, 0.15) is 5.82 Å². The predicted molar refractivity (Wildman–Crippen MR) is 67.7 cm³/mol. The lowest BCUT2D eigenvalue weighted by Crippen LogP contribution is -1.98. The highest BCUT2D eigenvalue weighted by atomic mass is 19.1. The van der Waals surface area contributed by atoms with Crippen molar-refractivity contribution >= 4 is 5.69 Å². The van der Waals surface area contributed by atoms with E-state index in [1.165, 1.54) is 12.3 Å². The second-order valence-electron chi connectivity index (χ2n) is 3.86. The molecule has 0 amide bonds. The molecule has 0 radical (unpaired) electrons. The highest BCUT2D eigenvalue weighted by Crippen LogP contribution is 2.26. The zero-order valence-electron chi connectivity index (χ0n) is 10.3. The predicted octanol–water partition coefficient (Wildman–Crippen LogP) is 2.57. The Balaban J connectivity index is 2.48. The third-order valence-electron chi connectivity index (χ3n) is 2.52. The summed E-state index contributed by atoms with van der Waals surface area (Å²) in [6.45, 7) is 4.22. The lowest BCUT2D eigenvalue weighted by atomic mass is 10.0. The number of aryl methyl sites for hydroxylation is 1. The number of halogens is 1. The number of nitrogen functional groups attached to an aromatic ring is 1. The summed E-state index contributed by atoms with van der Waals surface area (Å²) in [4.78, 5) is 8.30. The zero-order chi connectivity index (χ0) is 13.1. The fraction of sp³-hybridized carbons (Fsp3) is 0.231. The van der Waals surface area contributed by atoms with Gasteiger partial charge in [-0.1, -0.05) is 0 Å². The maximum atomic E-state index is 13.5. The molecule has 94 valence electrons. The van der Waals surface area contributed by atoms with Crippen LogP contribution in [0, 0.1) is 12.7 Å². The summed E-state index contributed by atoms with van der Waals surface area (Å²) < 4.78 is 18.8. The first-order valence-electron chi connectivity index (χ1n) is 5.62. The number of ether oxygens (including phenoxy) is 1. The molecular formula is C13H14FN3O. The number of hydrogen-bond donors (Lipinski definition) is 1. The summed E-state index contributed by atoms with van der Waals surface area (Å²) in [5.74, 6) is -0.0363. The molecule has 4 nitrogen and oxygen atoms in total. The van der Waals surface area contributed by atoms with Crippen molar-refractivity contribution in [2.75, 3.05) is 12.3 Å². The quantitative estimate of drug-likeness (QED) is 0.847. The van der Waals surface area contributed by atoms with Gasteiger partial charge in [0.05, 0.1) is 30.4 Å². The molecule has 1 heterocycles. The Bertz CT molecular complexity index is 572. The van der Waals surface area contributed by atoms with Crippen LogP contribution in [0.15, 0.2) is 24.5 Å². The molecule has 0 bridgehead atoms. The molecule has 0 unspecified atom stereocenters. The van der Waals surface area contributed by atoms with Gasteiger partial charge in [0.15, 0.2) is 0 Å². The minimum Gasteiger partial charge on any atom is -0.477 e. The van der Waals surface area contributed by atoms with Crippen LogP contribution >= 0.6 is 0 Å². The molecule has 0 spiro atoms. The lowest BCUT2D eigenvalue weighted by Gasteiger charge is -2.08. The van der Waals surface area contributed by atoms with Crippen molar-refractivity contribution in [1.82, 2.24) is 9.97 Å². The minimum atomic E-state index is -0.459. The van der Waals surface area contributed by atoms with E-state index in [0.717, 1.165) is 5.56 Å². The van der Waals surface area contributed by atoms with Crippen molar-refractivity contribution in [2.24, 2.45) is 0 Å². The van der Waals surface area contributed by atoms with Crippen LogP contribution in [0.4, 0.5) is 10.1 Å². The first-order valence-corrected chi connectivity index (χ1v) is 5.62. The summed E-state index contributed by atoms with van der Waals surface area (Å²) in [5, 5.41) is 0. The van der Waals surface area contributed by atoms with Crippen molar-refractivity contribution in [3.05, 3.63) is 35.9 Å². The van der Waals surface area contributed by atoms with Gasteiger partial charge in [-0.2, -0.15) is 0 Å². The molecule has 2 rings (SSSR count). The van der Waals surface area contributed by atoms with Crippen molar-refractivity contribution in [2.45, 2.75) is 13.8 Å². The largest absolute Gasteiger partial charge is 0.477 e. The number of hydrogen-bond acceptors (Lipinski definition) is 4. The van der Waals surface area contributed by atoms with Gasteiger partial charge < -0.3 is 10.5 Å². The van der Waals surface area contributed by atoms with E-state index in [1.807, 2.05) is 13.8 Å². The number of nitrogens with zero attached hydrogens (tertiary/aromatic N) is 2. The molecule has 5 heteroatoms. The van der Waals surface area contributed by atoms with E-state index >= 15 is 0 Å². The van der Waals surface area contributed by atoms with Gasteiger partial charge >= 0.3 is 0 Å². The second-order valence-corrected chi connectivity index (χ2v) is 3.86. The summed E-state index contributed by atoms with van der Waals surface area (Å²) >= 11 is 0. The van der Waals surface area contributed by atoms with Crippen LogP contribution in [-0.2, 0) is 0 Å². The molecule has 1 aromatic carbocycles. The van der Waals surface area contributed by atoms with Gasteiger partial charge in [0, 0.05) is 5.56 Å². The summed E-state index contributed by atoms with van der Waals surface area (Å²) in [5.41, 5.74) is 7.71. The summed E-state index contributed by atoms with van der Waals surface area (Å²) in [7, 11) is 0. The van der Waals surface area contributed by atoms with E-state index < -0.39 is 5.82 Å². The Labute approximate surface area is 105 Å². The second kappa shape index (κ2) is 5.00. The maximum Gasteiger partial charge on any atom is 0.232 e. The van der Waals surface area contributed by atoms with Gasteiger partial charge in [-0.15, -0.1) is 0 Å². The van der Waals surface area contributed by atoms with E-state index in [-0.39, 0.29) is 5.69 Å². The Morgan fingerprint density at radius 1 is 1.33 bits per heavy atom. The SMILES string of the molecule is CCOc1cncc(-c2cc(F)c(N)cc2C)n1. The van der Waals surface area contributed by atoms with Crippen LogP contribution in [0.1, 0.15) is 12.5 Å². The molecule has 2 aromatic rings. The molecule has 0 saturated heterocycles. The Morgan fingerprint density at radius 3 is 2.83 bits per heavy atom. The molecule has 1 aromatic heterocycles. The standard InChI is InChI=1S/C13H14FN3O/c1-3-18-13-7-16-6-12(17-13)9-5-10(14)11(15)4-8(9)2/h4-7H,3,15H2,1-2H3. The Hall–Kier alpha value is -2.17. The number of benzene rings is 1. The van der Waals surface area contributed by atoms with Crippen LogP contribution < -0.4 is 10.5 Å². The molecule has 18 heavy (non-hydrogen) atoms. The molecule has 0 saturated carbocycles. The van der Waals surface area contributed by atoms with Gasteiger partial charge in [-0.05, 0) is 31.5 Å². The van der Waals surface area contributed by atoms with Gasteiger partial charge in [-0.25, -0.2) is 9.37 Å². The van der Waals surface area contributed by atoms with E-state index in [0.29, 0.717) is 23.7 Å². The lowest BCUT2D eigenvalue weighted by molar-refractivity contribution is 0.325. The van der Waals surface area contributed by atoms with Crippen LogP contribution in [0.2, 0.25) is 0 Å². The average Bonchev–Trinajstić information content (AvgIpc) is 2.34. The molecule has 0 fully saturated rings. The third kappa shape index (κ3) is 2.40. The topological polar surface area (TPSA) is 61.0 Å². The van der Waals surface area contributed by atoms with Gasteiger partial charge in [0.2, 0.25) is 5.88 Å².